The number of ether oxygens (including phenoxy) is 2. The van der Waals surface area contributed by atoms with Crippen LogP contribution in [0.3, 0.4) is 0 Å². The first-order chi connectivity index (χ1) is 13.8. The molecular weight excluding hydrogens is 392 g/mol. The third-order valence-electron chi connectivity index (χ3n) is 3.81. The van der Waals surface area contributed by atoms with Crippen molar-refractivity contribution in [3.63, 3.8) is 0 Å². The van der Waals surface area contributed by atoms with E-state index in [2.05, 4.69) is 10.6 Å². The molecule has 0 saturated carbocycles. The molecule has 8 heteroatoms. The number of carbonyl (C=O) groups is 3. The Morgan fingerprint density at radius 3 is 2.38 bits per heavy atom. The number of aryl methyl sites for hydroxylation is 1. The van der Waals surface area contributed by atoms with Gasteiger partial charge >= 0.3 is 5.97 Å². The lowest BCUT2D eigenvalue weighted by molar-refractivity contribution is -0.146. The Balaban J connectivity index is 1.90. The molecule has 0 unspecified atom stereocenters. The summed E-state index contributed by atoms with van der Waals surface area (Å²) in [6.45, 7) is 4.68. The standard InChI is InChI=1S/C21H24N2O5S/c1-13-5-8-17(9-6-13)29-14(2)21(26)28-12-20(25)23-18-11-16(22-15(3)24)7-10-19(18)27-4/h5-11,14H,12H2,1-4H3,(H,22,24)(H,23,25)/t14-/m0/s1. The summed E-state index contributed by atoms with van der Waals surface area (Å²) in [5.41, 5.74) is 2.01. The number of hydrogen-bond acceptors (Lipinski definition) is 6. The van der Waals surface area contributed by atoms with Crippen molar-refractivity contribution in [2.45, 2.75) is 30.9 Å². The van der Waals surface area contributed by atoms with Gasteiger partial charge in [-0.2, -0.15) is 0 Å². The van der Waals surface area contributed by atoms with E-state index in [1.807, 2.05) is 31.2 Å². The molecular formula is C21H24N2O5S. The lowest BCUT2D eigenvalue weighted by Crippen LogP contribution is -2.25. The zero-order valence-electron chi connectivity index (χ0n) is 16.8. The van der Waals surface area contributed by atoms with E-state index in [9.17, 15) is 14.4 Å². The van der Waals surface area contributed by atoms with Crippen LogP contribution in [0.1, 0.15) is 19.4 Å². The fourth-order valence-electron chi connectivity index (χ4n) is 2.40. The van der Waals surface area contributed by atoms with Crippen molar-refractivity contribution >= 4 is 40.9 Å². The van der Waals surface area contributed by atoms with Crippen molar-refractivity contribution in [2.75, 3.05) is 24.4 Å². The first kappa shape index (κ1) is 22.3. The quantitative estimate of drug-likeness (QED) is 0.504. The van der Waals surface area contributed by atoms with Crippen LogP contribution in [0.4, 0.5) is 11.4 Å². The van der Waals surface area contributed by atoms with Gasteiger partial charge in [0.2, 0.25) is 5.91 Å². The van der Waals surface area contributed by atoms with E-state index in [-0.39, 0.29) is 5.91 Å². The number of carbonyl (C=O) groups excluding carboxylic acids is 3. The third-order valence-corrected chi connectivity index (χ3v) is 4.90. The van der Waals surface area contributed by atoms with Crippen LogP contribution in [0.25, 0.3) is 0 Å². The van der Waals surface area contributed by atoms with Gasteiger partial charge in [0.05, 0.1) is 12.8 Å². The van der Waals surface area contributed by atoms with E-state index >= 15 is 0 Å². The van der Waals surface area contributed by atoms with Crippen LogP contribution in [-0.4, -0.2) is 36.8 Å². The number of anilines is 2. The molecule has 29 heavy (non-hydrogen) atoms. The van der Waals surface area contributed by atoms with E-state index in [0.717, 1.165) is 10.5 Å². The van der Waals surface area contributed by atoms with E-state index in [1.54, 1.807) is 25.1 Å². The van der Waals surface area contributed by atoms with Crippen LogP contribution in [0.5, 0.6) is 5.75 Å². The third kappa shape index (κ3) is 7.15. The van der Waals surface area contributed by atoms with E-state index < -0.39 is 23.7 Å². The Kier molecular flexibility index (Phi) is 8.09. The van der Waals surface area contributed by atoms with Crippen LogP contribution in [0.2, 0.25) is 0 Å². The molecule has 2 rings (SSSR count). The molecule has 7 nitrogen and oxygen atoms in total. The second-order valence-electron chi connectivity index (χ2n) is 6.33. The minimum atomic E-state index is -0.510. The highest BCUT2D eigenvalue weighted by molar-refractivity contribution is 8.00. The summed E-state index contributed by atoms with van der Waals surface area (Å²) in [7, 11) is 1.47. The Labute approximate surface area is 174 Å². The largest absolute Gasteiger partial charge is 0.495 e. The summed E-state index contributed by atoms with van der Waals surface area (Å²) in [6.07, 6.45) is 0. The molecule has 0 radical (unpaired) electrons. The Morgan fingerprint density at radius 2 is 1.76 bits per heavy atom. The molecule has 0 aliphatic rings. The van der Waals surface area contributed by atoms with Gasteiger partial charge in [-0.05, 0) is 44.2 Å². The average molecular weight is 416 g/mol. The molecule has 0 spiro atoms. The zero-order chi connectivity index (χ0) is 21.4. The number of hydrogen-bond donors (Lipinski definition) is 2. The number of esters is 1. The summed E-state index contributed by atoms with van der Waals surface area (Å²) in [4.78, 5) is 36.5. The number of amides is 2. The molecule has 2 aromatic rings. The van der Waals surface area contributed by atoms with Crippen molar-refractivity contribution in [1.82, 2.24) is 0 Å². The molecule has 0 aliphatic carbocycles. The van der Waals surface area contributed by atoms with E-state index in [0.29, 0.717) is 17.1 Å². The monoisotopic (exact) mass is 416 g/mol. The second kappa shape index (κ2) is 10.5. The number of nitrogens with one attached hydrogen (secondary N) is 2. The van der Waals surface area contributed by atoms with E-state index in [4.69, 9.17) is 9.47 Å². The minimum absolute atomic E-state index is 0.235. The van der Waals surface area contributed by atoms with Gasteiger partial charge in [0, 0.05) is 17.5 Å². The number of rotatable bonds is 8. The second-order valence-corrected chi connectivity index (χ2v) is 7.74. The summed E-state index contributed by atoms with van der Waals surface area (Å²) >= 11 is 1.36. The minimum Gasteiger partial charge on any atom is -0.495 e. The van der Waals surface area contributed by atoms with Crippen molar-refractivity contribution in [3.05, 3.63) is 48.0 Å². The molecule has 2 N–H and O–H groups in total. The highest BCUT2D eigenvalue weighted by atomic mass is 32.2. The van der Waals surface area contributed by atoms with Crippen LogP contribution in [-0.2, 0) is 19.1 Å². The van der Waals surface area contributed by atoms with Crippen molar-refractivity contribution in [2.24, 2.45) is 0 Å². The van der Waals surface area contributed by atoms with Gasteiger partial charge in [0.1, 0.15) is 11.0 Å². The van der Waals surface area contributed by atoms with E-state index in [1.165, 1.54) is 25.8 Å². The number of methoxy groups -OCH3 is 1. The van der Waals surface area contributed by atoms with Gasteiger partial charge in [0.15, 0.2) is 6.61 Å². The molecule has 0 bridgehead atoms. The highest BCUT2D eigenvalue weighted by Gasteiger charge is 2.18. The summed E-state index contributed by atoms with van der Waals surface area (Å²) in [5, 5.41) is 4.80. The maximum atomic E-state index is 12.2. The van der Waals surface area contributed by atoms with Crippen LogP contribution in [0, 0.1) is 6.92 Å². The molecule has 0 aromatic heterocycles. The lowest BCUT2D eigenvalue weighted by Gasteiger charge is -2.14. The molecule has 0 fully saturated rings. The van der Waals surface area contributed by atoms with Crippen molar-refractivity contribution in [1.29, 1.82) is 0 Å². The zero-order valence-corrected chi connectivity index (χ0v) is 17.6. The Hall–Kier alpha value is -3.00. The smallest absolute Gasteiger partial charge is 0.319 e. The Morgan fingerprint density at radius 1 is 1.07 bits per heavy atom. The fourth-order valence-corrected chi connectivity index (χ4v) is 3.26. The van der Waals surface area contributed by atoms with Gasteiger partial charge < -0.3 is 20.1 Å². The molecule has 0 heterocycles. The molecule has 2 amide bonds. The maximum absolute atomic E-state index is 12.2. The number of benzene rings is 2. The molecule has 0 aliphatic heterocycles. The van der Waals surface area contributed by atoms with Crippen molar-refractivity contribution in [3.8, 4) is 5.75 Å². The van der Waals surface area contributed by atoms with Gasteiger partial charge in [-0.3, -0.25) is 14.4 Å². The van der Waals surface area contributed by atoms with Gasteiger partial charge in [-0.15, -0.1) is 11.8 Å². The van der Waals surface area contributed by atoms with Crippen LogP contribution >= 0.6 is 11.8 Å². The molecule has 2 aromatic carbocycles. The topological polar surface area (TPSA) is 93.7 Å². The molecule has 1 atom stereocenters. The fraction of sp³-hybridized carbons (Fsp3) is 0.286. The summed E-state index contributed by atoms with van der Waals surface area (Å²) in [6, 6.07) is 12.6. The average Bonchev–Trinajstić information content (AvgIpc) is 2.67. The first-order valence-corrected chi connectivity index (χ1v) is 9.82. The highest BCUT2D eigenvalue weighted by Crippen LogP contribution is 2.28. The first-order valence-electron chi connectivity index (χ1n) is 8.94. The predicted octanol–water partition coefficient (Wildman–Crippen LogP) is 3.62. The SMILES string of the molecule is COc1ccc(NC(C)=O)cc1NC(=O)COC(=O)[C@H](C)Sc1ccc(C)cc1. The summed E-state index contributed by atoms with van der Waals surface area (Å²) < 4.78 is 10.3. The van der Waals surface area contributed by atoms with Crippen LogP contribution in [0.15, 0.2) is 47.4 Å². The normalized spacial score (nSPS) is 11.3. The van der Waals surface area contributed by atoms with Gasteiger partial charge in [-0.1, -0.05) is 17.7 Å². The molecule has 0 saturated heterocycles. The maximum Gasteiger partial charge on any atom is 0.319 e. The van der Waals surface area contributed by atoms with Crippen LogP contribution < -0.4 is 15.4 Å². The molecule has 154 valence electrons. The summed E-state index contributed by atoms with van der Waals surface area (Å²) in [5.74, 6) is -0.808. The predicted molar refractivity (Wildman–Crippen MR) is 113 cm³/mol. The van der Waals surface area contributed by atoms with Crippen molar-refractivity contribution < 1.29 is 23.9 Å². The van der Waals surface area contributed by atoms with Gasteiger partial charge in [0.25, 0.3) is 5.91 Å². The number of thioether (sulfide) groups is 1. The Bertz CT molecular complexity index is 883. The lowest BCUT2D eigenvalue weighted by atomic mass is 10.2. The van der Waals surface area contributed by atoms with Gasteiger partial charge in [-0.25, -0.2) is 0 Å².